The molecule has 22 heavy (non-hydrogen) atoms. The fourth-order valence-electron chi connectivity index (χ4n) is 2.38. The van der Waals surface area contributed by atoms with Crippen LogP contribution in [0.25, 0.3) is 0 Å². The second-order valence-corrected chi connectivity index (χ2v) is 5.53. The Balaban J connectivity index is 1.71. The van der Waals surface area contributed by atoms with Gasteiger partial charge in [-0.1, -0.05) is 60.7 Å². The Morgan fingerprint density at radius 1 is 1.05 bits per heavy atom. The summed E-state index contributed by atoms with van der Waals surface area (Å²) in [5.41, 5.74) is 4.27. The SMILES string of the molecule is CC1=NN(c2ccccc2)C(=S)/C1=C\[NH2+]Cc1ccccc1. The van der Waals surface area contributed by atoms with Gasteiger partial charge in [0.15, 0.2) is 0 Å². The number of hydrazone groups is 1. The summed E-state index contributed by atoms with van der Waals surface area (Å²) in [6, 6.07) is 20.4. The van der Waals surface area contributed by atoms with Gasteiger partial charge in [0, 0.05) is 5.56 Å². The molecule has 0 saturated heterocycles. The number of hydrogen-bond donors (Lipinski definition) is 1. The Bertz CT molecular complexity index is 721. The van der Waals surface area contributed by atoms with Gasteiger partial charge in [0.25, 0.3) is 0 Å². The van der Waals surface area contributed by atoms with E-state index in [1.165, 1.54) is 5.56 Å². The first kappa shape index (κ1) is 14.6. The van der Waals surface area contributed by atoms with E-state index in [1.54, 1.807) is 0 Å². The van der Waals surface area contributed by atoms with Crippen molar-refractivity contribution in [1.29, 1.82) is 0 Å². The molecule has 0 saturated carbocycles. The number of rotatable bonds is 4. The molecule has 110 valence electrons. The Hall–Kier alpha value is -2.30. The highest BCUT2D eigenvalue weighted by molar-refractivity contribution is 7.81. The van der Waals surface area contributed by atoms with E-state index in [1.807, 2.05) is 48.3 Å². The van der Waals surface area contributed by atoms with E-state index < -0.39 is 0 Å². The van der Waals surface area contributed by atoms with Gasteiger partial charge in [-0.05, 0) is 19.1 Å². The van der Waals surface area contributed by atoms with Crippen molar-refractivity contribution in [2.75, 3.05) is 5.01 Å². The van der Waals surface area contributed by atoms with Crippen molar-refractivity contribution in [3.05, 3.63) is 78.0 Å². The molecule has 0 atom stereocenters. The lowest BCUT2D eigenvalue weighted by atomic mass is 10.2. The van der Waals surface area contributed by atoms with Crippen LogP contribution < -0.4 is 10.3 Å². The minimum Gasteiger partial charge on any atom is -0.316 e. The molecule has 0 radical (unpaired) electrons. The minimum absolute atomic E-state index is 0.757. The molecular weight excluding hydrogens is 290 g/mol. The molecule has 0 fully saturated rings. The maximum atomic E-state index is 5.57. The van der Waals surface area contributed by atoms with Crippen molar-refractivity contribution in [1.82, 2.24) is 0 Å². The highest BCUT2D eigenvalue weighted by Crippen LogP contribution is 2.23. The Kier molecular flexibility index (Phi) is 4.42. The van der Waals surface area contributed by atoms with Crippen molar-refractivity contribution in [2.24, 2.45) is 5.10 Å². The molecule has 0 unspecified atom stereocenters. The van der Waals surface area contributed by atoms with Gasteiger partial charge in [-0.25, -0.2) is 5.01 Å². The molecule has 1 heterocycles. The highest BCUT2D eigenvalue weighted by atomic mass is 32.1. The van der Waals surface area contributed by atoms with Crippen LogP contribution in [0.1, 0.15) is 12.5 Å². The van der Waals surface area contributed by atoms with Gasteiger partial charge in [0.05, 0.1) is 17.0 Å². The van der Waals surface area contributed by atoms with Crippen LogP contribution in [0, 0.1) is 0 Å². The second kappa shape index (κ2) is 6.64. The summed E-state index contributed by atoms with van der Waals surface area (Å²) in [4.78, 5) is 0.757. The number of hydrogen-bond acceptors (Lipinski definition) is 2. The van der Waals surface area contributed by atoms with Gasteiger partial charge >= 0.3 is 0 Å². The predicted octanol–water partition coefficient (Wildman–Crippen LogP) is 2.86. The van der Waals surface area contributed by atoms with Crippen molar-refractivity contribution >= 4 is 28.6 Å². The molecule has 2 aromatic carbocycles. The van der Waals surface area contributed by atoms with E-state index in [0.717, 1.165) is 28.5 Å². The van der Waals surface area contributed by atoms with Gasteiger partial charge < -0.3 is 5.32 Å². The van der Waals surface area contributed by atoms with E-state index in [2.05, 4.69) is 40.9 Å². The average molecular weight is 308 g/mol. The zero-order valence-corrected chi connectivity index (χ0v) is 13.3. The van der Waals surface area contributed by atoms with Crippen molar-refractivity contribution in [3.8, 4) is 0 Å². The van der Waals surface area contributed by atoms with Crippen LogP contribution in [0.15, 0.2) is 77.5 Å². The molecule has 3 nitrogen and oxygen atoms in total. The first-order chi connectivity index (χ1) is 10.8. The van der Waals surface area contributed by atoms with Crippen molar-refractivity contribution in [2.45, 2.75) is 13.5 Å². The van der Waals surface area contributed by atoms with E-state index in [0.29, 0.717) is 0 Å². The zero-order valence-electron chi connectivity index (χ0n) is 12.4. The molecule has 3 rings (SSSR count). The van der Waals surface area contributed by atoms with Crippen LogP contribution in [0.5, 0.6) is 0 Å². The summed E-state index contributed by atoms with van der Waals surface area (Å²) in [6.45, 7) is 2.89. The van der Waals surface area contributed by atoms with Crippen LogP contribution in [-0.2, 0) is 6.54 Å². The number of nitrogens with two attached hydrogens (primary N) is 1. The normalized spacial score (nSPS) is 16.2. The molecule has 2 N–H and O–H groups in total. The number of nitrogens with zero attached hydrogens (tertiary/aromatic N) is 2. The topological polar surface area (TPSA) is 32.2 Å². The number of quaternary nitrogens is 1. The third kappa shape index (κ3) is 3.13. The Labute approximate surface area is 136 Å². The van der Waals surface area contributed by atoms with E-state index in [4.69, 9.17) is 12.2 Å². The van der Waals surface area contributed by atoms with Gasteiger partial charge in [0.2, 0.25) is 0 Å². The van der Waals surface area contributed by atoms with Gasteiger partial charge in [-0.3, -0.25) is 0 Å². The number of thiocarbonyl (C=S) groups is 1. The van der Waals surface area contributed by atoms with Crippen LogP contribution in [0.2, 0.25) is 0 Å². The first-order valence-electron chi connectivity index (χ1n) is 7.28. The summed E-state index contributed by atoms with van der Waals surface area (Å²) in [7, 11) is 0. The summed E-state index contributed by atoms with van der Waals surface area (Å²) in [5.74, 6) is 0. The first-order valence-corrected chi connectivity index (χ1v) is 7.69. The lowest BCUT2D eigenvalue weighted by Crippen LogP contribution is -2.76. The van der Waals surface area contributed by atoms with Gasteiger partial charge in [-0.15, -0.1) is 0 Å². The van der Waals surface area contributed by atoms with Crippen molar-refractivity contribution in [3.63, 3.8) is 0 Å². The summed E-state index contributed by atoms with van der Waals surface area (Å²) in [5, 5.41) is 8.54. The van der Waals surface area contributed by atoms with Crippen molar-refractivity contribution < 1.29 is 5.32 Å². The predicted molar refractivity (Wildman–Crippen MR) is 94.8 cm³/mol. The second-order valence-electron chi connectivity index (χ2n) is 5.14. The van der Waals surface area contributed by atoms with Crippen LogP contribution >= 0.6 is 12.2 Å². The number of para-hydroxylation sites is 1. The fourth-order valence-corrected chi connectivity index (χ4v) is 2.74. The van der Waals surface area contributed by atoms with E-state index >= 15 is 0 Å². The minimum atomic E-state index is 0.757. The summed E-state index contributed by atoms with van der Waals surface area (Å²) < 4.78 is 0. The maximum absolute atomic E-state index is 5.57. The standard InChI is InChI=1S/C18H17N3S/c1-14-17(13-19-12-15-8-4-2-5-9-15)18(22)21(20-14)16-10-6-3-7-11-16/h2-11,13,19H,12H2,1H3/p+1/b17-13-. The molecule has 2 aromatic rings. The number of anilines is 1. The van der Waals surface area contributed by atoms with Crippen LogP contribution in [0.3, 0.4) is 0 Å². The maximum Gasteiger partial charge on any atom is 0.142 e. The van der Waals surface area contributed by atoms with Gasteiger partial charge in [-0.2, -0.15) is 5.10 Å². The third-order valence-electron chi connectivity index (χ3n) is 3.54. The molecule has 4 heteroatoms. The average Bonchev–Trinajstić information content (AvgIpc) is 2.85. The molecule has 1 aliphatic heterocycles. The Morgan fingerprint density at radius 3 is 2.36 bits per heavy atom. The lowest BCUT2D eigenvalue weighted by molar-refractivity contribution is -0.604. The smallest absolute Gasteiger partial charge is 0.142 e. The largest absolute Gasteiger partial charge is 0.316 e. The molecule has 1 aliphatic rings. The molecule has 0 amide bonds. The summed E-state index contributed by atoms with van der Waals surface area (Å²) in [6.07, 6.45) is 2.08. The lowest BCUT2D eigenvalue weighted by Gasteiger charge is -2.13. The monoisotopic (exact) mass is 308 g/mol. The van der Waals surface area contributed by atoms with E-state index in [-0.39, 0.29) is 0 Å². The van der Waals surface area contributed by atoms with E-state index in [9.17, 15) is 0 Å². The molecule has 0 aromatic heterocycles. The molecule has 0 bridgehead atoms. The fraction of sp³-hybridized carbons (Fsp3) is 0.111. The highest BCUT2D eigenvalue weighted by Gasteiger charge is 2.25. The molecule has 0 spiro atoms. The third-order valence-corrected chi connectivity index (χ3v) is 3.94. The molecule has 0 aliphatic carbocycles. The Morgan fingerprint density at radius 2 is 1.68 bits per heavy atom. The quantitative estimate of drug-likeness (QED) is 0.696. The van der Waals surface area contributed by atoms with Crippen LogP contribution in [-0.4, -0.2) is 10.7 Å². The summed E-state index contributed by atoms with van der Waals surface area (Å²) >= 11 is 5.57. The zero-order chi connectivity index (χ0) is 15.4. The van der Waals surface area contributed by atoms with Crippen LogP contribution in [0.4, 0.5) is 5.69 Å². The molecular formula is C18H18N3S+. The number of benzene rings is 2. The van der Waals surface area contributed by atoms with Gasteiger partial charge in [0.1, 0.15) is 17.7 Å².